The third-order valence-corrected chi connectivity index (χ3v) is 5.63. The van der Waals surface area contributed by atoms with Gasteiger partial charge in [0.15, 0.2) is 0 Å². The standard InChI is InChI=1S/C24H29N7O/c1-18(32)30-13-15-31(16-14-30)22-8-6-21(7-9-22)28-24-26-12-10-23(29-24)19-4-5-20(27-17-19)3-2-11-25/h4-10,12,17H,2-3,11,13-16,25H2,1H3,(H,26,28,29). The average molecular weight is 432 g/mol. The molecule has 2 aromatic heterocycles. The Labute approximate surface area is 188 Å². The van der Waals surface area contributed by atoms with E-state index in [1.165, 1.54) is 0 Å². The Hall–Kier alpha value is -3.52. The molecule has 32 heavy (non-hydrogen) atoms. The van der Waals surface area contributed by atoms with Crippen LogP contribution in [0.2, 0.25) is 0 Å². The summed E-state index contributed by atoms with van der Waals surface area (Å²) in [6.45, 7) is 5.51. The van der Waals surface area contributed by atoms with Crippen LogP contribution in [0.4, 0.5) is 17.3 Å². The van der Waals surface area contributed by atoms with Gasteiger partial charge in [-0.25, -0.2) is 9.97 Å². The van der Waals surface area contributed by atoms with Crippen LogP contribution in [0.15, 0.2) is 54.9 Å². The molecular formula is C24H29N7O. The monoisotopic (exact) mass is 431 g/mol. The topological polar surface area (TPSA) is 100 Å². The van der Waals surface area contributed by atoms with Crippen molar-refractivity contribution in [1.29, 1.82) is 0 Å². The number of nitrogens with two attached hydrogens (primary N) is 1. The van der Waals surface area contributed by atoms with Gasteiger partial charge in [0.05, 0.1) is 5.69 Å². The third kappa shape index (κ3) is 5.39. The van der Waals surface area contributed by atoms with E-state index in [2.05, 4.69) is 37.3 Å². The fourth-order valence-electron chi connectivity index (χ4n) is 3.75. The summed E-state index contributed by atoms with van der Waals surface area (Å²) in [6.07, 6.45) is 5.41. The van der Waals surface area contributed by atoms with Crippen molar-refractivity contribution in [2.24, 2.45) is 5.73 Å². The molecule has 1 aliphatic heterocycles. The minimum Gasteiger partial charge on any atom is -0.368 e. The molecule has 0 unspecified atom stereocenters. The second-order valence-electron chi connectivity index (χ2n) is 7.86. The zero-order valence-electron chi connectivity index (χ0n) is 18.4. The zero-order chi connectivity index (χ0) is 22.3. The van der Waals surface area contributed by atoms with Gasteiger partial charge < -0.3 is 20.9 Å². The Morgan fingerprint density at radius 2 is 1.81 bits per heavy atom. The van der Waals surface area contributed by atoms with Gasteiger partial charge in [-0.15, -0.1) is 0 Å². The first-order valence-electron chi connectivity index (χ1n) is 11.0. The minimum atomic E-state index is 0.143. The lowest BCUT2D eigenvalue weighted by Gasteiger charge is -2.35. The molecule has 8 nitrogen and oxygen atoms in total. The predicted molar refractivity (Wildman–Crippen MR) is 127 cm³/mol. The Morgan fingerprint density at radius 3 is 2.47 bits per heavy atom. The highest BCUT2D eigenvalue weighted by Gasteiger charge is 2.18. The number of amides is 1. The second kappa shape index (κ2) is 10.2. The van der Waals surface area contributed by atoms with Gasteiger partial charge in [0.25, 0.3) is 0 Å². The molecule has 1 aliphatic rings. The summed E-state index contributed by atoms with van der Waals surface area (Å²) in [5, 5.41) is 3.28. The number of carbonyl (C=O) groups excluding carboxylic acids is 1. The summed E-state index contributed by atoms with van der Waals surface area (Å²) in [5.41, 5.74) is 10.4. The predicted octanol–water partition coefficient (Wildman–Crippen LogP) is 2.84. The largest absolute Gasteiger partial charge is 0.368 e. The van der Waals surface area contributed by atoms with Gasteiger partial charge in [0.2, 0.25) is 11.9 Å². The van der Waals surface area contributed by atoms with Crippen LogP contribution in [0.25, 0.3) is 11.3 Å². The average Bonchev–Trinajstić information content (AvgIpc) is 2.84. The van der Waals surface area contributed by atoms with Crippen LogP contribution < -0.4 is 16.0 Å². The minimum absolute atomic E-state index is 0.143. The number of anilines is 3. The van der Waals surface area contributed by atoms with Gasteiger partial charge in [0.1, 0.15) is 0 Å². The molecule has 0 bridgehead atoms. The van der Waals surface area contributed by atoms with Crippen molar-refractivity contribution in [2.75, 3.05) is 42.9 Å². The van der Waals surface area contributed by atoms with Crippen LogP contribution in [0, 0.1) is 0 Å². The fraction of sp³-hybridized carbons (Fsp3) is 0.333. The summed E-state index contributed by atoms with van der Waals surface area (Å²) >= 11 is 0. The molecule has 1 amide bonds. The SMILES string of the molecule is CC(=O)N1CCN(c2ccc(Nc3nccc(-c4ccc(CCCN)nc4)n3)cc2)CC1. The molecule has 1 aromatic carbocycles. The first-order chi connectivity index (χ1) is 15.6. The molecule has 166 valence electrons. The first kappa shape index (κ1) is 21.7. The summed E-state index contributed by atoms with van der Waals surface area (Å²) in [4.78, 5) is 29.2. The number of nitrogens with zero attached hydrogens (tertiary/aromatic N) is 5. The summed E-state index contributed by atoms with van der Waals surface area (Å²) in [6, 6.07) is 14.2. The van der Waals surface area contributed by atoms with E-state index in [1.807, 2.05) is 41.4 Å². The van der Waals surface area contributed by atoms with Crippen molar-refractivity contribution in [3.8, 4) is 11.3 Å². The fourth-order valence-corrected chi connectivity index (χ4v) is 3.75. The van der Waals surface area contributed by atoms with E-state index >= 15 is 0 Å². The summed E-state index contributed by atoms with van der Waals surface area (Å²) in [7, 11) is 0. The van der Waals surface area contributed by atoms with Crippen molar-refractivity contribution in [3.05, 3.63) is 60.6 Å². The van der Waals surface area contributed by atoms with Crippen molar-refractivity contribution >= 4 is 23.2 Å². The van der Waals surface area contributed by atoms with Crippen LogP contribution in [0.1, 0.15) is 19.0 Å². The maximum Gasteiger partial charge on any atom is 0.227 e. The van der Waals surface area contributed by atoms with Crippen LogP contribution in [-0.4, -0.2) is 58.5 Å². The van der Waals surface area contributed by atoms with E-state index in [9.17, 15) is 4.79 Å². The van der Waals surface area contributed by atoms with Gasteiger partial charge in [-0.05, 0) is 61.9 Å². The summed E-state index contributed by atoms with van der Waals surface area (Å²) < 4.78 is 0. The van der Waals surface area contributed by atoms with Gasteiger partial charge in [-0.2, -0.15) is 0 Å². The number of pyridine rings is 1. The number of carbonyl (C=O) groups is 1. The van der Waals surface area contributed by atoms with Gasteiger partial charge in [0, 0.05) is 68.1 Å². The number of piperazine rings is 1. The highest BCUT2D eigenvalue weighted by molar-refractivity contribution is 5.73. The van der Waals surface area contributed by atoms with E-state index in [-0.39, 0.29) is 5.91 Å². The van der Waals surface area contributed by atoms with E-state index in [0.717, 1.165) is 67.3 Å². The quantitative estimate of drug-likeness (QED) is 0.593. The lowest BCUT2D eigenvalue weighted by molar-refractivity contribution is -0.129. The second-order valence-corrected chi connectivity index (χ2v) is 7.86. The maximum absolute atomic E-state index is 11.5. The number of benzene rings is 1. The normalized spacial score (nSPS) is 13.8. The highest BCUT2D eigenvalue weighted by atomic mass is 16.2. The van der Waals surface area contributed by atoms with Crippen molar-refractivity contribution in [2.45, 2.75) is 19.8 Å². The molecule has 0 saturated carbocycles. The van der Waals surface area contributed by atoms with Crippen LogP contribution in [0.3, 0.4) is 0 Å². The van der Waals surface area contributed by atoms with E-state index in [4.69, 9.17) is 5.73 Å². The van der Waals surface area contributed by atoms with Crippen LogP contribution in [0.5, 0.6) is 0 Å². The molecular weight excluding hydrogens is 402 g/mol. The van der Waals surface area contributed by atoms with E-state index in [1.54, 1.807) is 13.1 Å². The lowest BCUT2D eigenvalue weighted by Crippen LogP contribution is -2.48. The molecule has 0 aliphatic carbocycles. The number of aromatic nitrogens is 3. The Balaban J connectivity index is 1.39. The molecule has 3 aromatic rings. The first-order valence-corrected chi connectivity index (χ1v) is 11.0. The molecule has 0 atom stereocenters. The van der Waals surface area contributed by atoms with Crippen molar-refractivity contribution in [3.63, 3.8) is 0 Å². The van der Waals surface area contributed by atoms with Gasteiger partial charge in [-0.1, -0.05) is 0 Å². The molecule has 4 rings (SSSR count). The zero-order valence-corrected chi connectivity index (χ0v) is 18.4. The van der Waals surface area contributed by atoms with Crippen molar-refractivity contribution < 1.29 is 4.79 Å². The molecule has 0 radical (unpaired) electrons. The molecule has 1 fully saturated rings. The number of hydrogen-bond acceptors (Lipinski definition) is 7. The molecule has 8 heteroatoms. The number of rotatable bonds is 7. The number of nitrogens with one attached hydrogen (secondary N) is 1. The number of aryl methyl sites for hydroxylation is 1. The van der Waals surface area contributed by atoms with E-state index in [0.29, 0.717) is 12.5 Å². The lowest BCUT2D eigenvalue weighted by atomic mass is 10.1. The Bertz CT molecular complexity index is 1030. The summed E-state index contributed by atoms with van der Waals surface area (Å²) in [5.74, 6) is 0.683. The highest BCUT2D eigenvalue weighted by Crippen LogP contribution is 2.23. The molecule has 3 heterocycles. The third-order valence-electron chi connectivity index (χ3n) is 5.63. The Morgan fingerprint density at radius 1 is 1.03 bits per heavy atom. The molecule has 3 N–H and O–H groups in total. The smallest absolute Gasteiger partial charge is 0.227 e. The van der Waals surface area contributed by atoms with Crippen molar-refractivity contribution in [1.82, 2.24) is 19.9 Å². The van der Waals surface area contributed by atoms with Crippen LogP contribution in [-0.2, 0) is 11.2 Å². The molecule has 1 saturated heterocycles. The van der Waals surface area contributed by atoms with Crippen LogP contribution >= 0.6 is 0 Å². The van der Waals surface area contributed by atoms with Gasteiger partial charge in [-0.3, -0.25) is 9.78 Å². The maximum atomic E-state index is 11.5. The van der Waals surface area contributed by atoms with Gasteiger partial charge >= 0.3 is 0 Å². The van der Waals surface area contributed by atoms with E-state index < -0.39 is 0 Å². The number of hydrogen-bond donors (Lipinski definition) is 2. The molecule has 0 spiro atoms. The Kier molecular flexibility index (Phi) is 6.91.